The molecule has 14 heavy (non-hydrogen) atoms. The van der Waals surface area contributed by atoms with E-state index in [4.69, 9.17) is 5.73 Å². The molecule has 0 saturated heterocycles. The summed E-state index contributed by atoms with van der Waals surface area (Å²) in [6, 6.07) is 0. The standard InChI is InChI=1S/C6H9NO5S2/c1-2-4(13(9)10)3-5(6(7)8)14(11)12/h2-3H2,1H3,(H2,7,8). The predicted molar refractivity (Wildman–Crippen MR) is 52.0 cm³/mol. The smallest absolute Gasteiger partial charge is 0.260 e. The maximum absolute atomic E-state index is 10.6. The predicted octanol–water partition coefficient (Wildman–Crippen LogP) is -1.63. The van der Waals surface area contributed by atoms with Crippen molar-refractivity contribution in [1.82, 2.24) is 0 Å². The first-order valence-electron chi connectivity index (χ1n) is 3.59. The van der Waals surface area contributed by atoms with Crippen molar-refractivity contribution >= 4 is 36.2 Å². The van der Waals surface area contributed by atoms with Gasteiger partial charge in [-0.1, -0.05) is 6.92 Å². The van der Waals surface area contributed by atoms with Gasteiger partial charge in [-0.2, -0.15) is 16.8 Å². The summed E-state index contributed by atoms with van der Waals surface area (Å²) in [7, 11) is -5.27. The second kappa shape index (κ2) is 5.55. The second-order valence-electron chi connectivity index (χ2n) is 2.33. The van der Waals surface area contributed by atoms with E-state index in [9.17, 15) is 21.6 Å². The fourth-order valence-corrected chi connectivity index (χ4v) is 1.75. The van der Waals surface area contributed by atoms with Crippen LogP contribution in [-0.2, 0) is 25.4 Å². The first-order chi connectivity index (χ1) is 6.40. The quantitative estimate of drug-likeness (QED) is 0.592. The summed E-state index contributed by atoms with van der Waals surface area (Å²) in [5.41, 5.74) is 4.76. The number of nitrogens with two attached hydrogens (primary N) is 1. The highest BCUT2D eigenvalue weighted by molar-refractivity contribution is 7.76. The first-order valence-corrected chi connectivity index (χ1v) is 5.74. The molecule has 0 bridgehead atoms. The summed E-state index contributed by atoms with van der Waals surface area (Å²) < 4.78 is 41.9. The summed E-state index contributed by atoms with van der Waals surface area (Å²) in [5, 5.41) is 0. The lowest BCUT2D eigenvalue weighted by molar-refractivity contribution is -0.111. The molecule has 1 amide bonds. The van der Waals surface area contributed by atoms with E-state index in [1.54, 1.807) is 0 Å². The van der Waals surface area contributed by atoms with Gasteiger partial charge < -0.3 is 5.73 Å². The minimum atomic E-state index is -2.77. The number of carbonyl (C=O) groups excluding carboxylic acids is 1. The fourth-order valence-electron chi connectivity index (χ4n) is 0.709. The minimum Gasteiger partial charge on any atom is -0.365 e. The molecule has 2 N–H and O–H groups in total. The monoisotopic (exact) mass is 239 g/mol. The van der Waals surface area contributed by atoms with E-state index in [0.29, 0.717) is 0 Å². The molecule has 0 aromatic heterocycles. The van der Waals surface area contributed by atoms with Gasteiger partial charge in [0.05, 0.1) is 4.86 Å². The molecule has 0 aromatic carbocycles. The Kier molecular flexibility index (Phi) is 5.10. The summed E-state index contributed by atoms with van der Waals surface area (Å²) in [4.78, 5) is 9.91. The van der Waals surface area contributed by atoms with Crippen LogP contribution in [0.2, 0.25) is 0 Å². The van der Waals surface area contributed by atoms with Crippen LogP contribution in [0.25, 0.3) is 0 Å². The van der Waals surface area contributed by atoms with E-state index < -0.39 is 37.8 Å². The summed E-state index contributed by atoms with van der Waals surface area (Å²) >= 11 is 0. The van der Waals surface area contributed by atoms with Crippen molar-refractivity contribution in [3.63, 3.8) is 0 Å². The molecule has 0 unspecified atom stereocenters. The number of amides is 1. The van der Waals surface area contributed by atoms with Gasteiger partial charge in [0.25, 0.3) is 5.91 Å². The fraction of sp³-hybridized carbons (Fsp3) is 0.500. The highest BCUT2D eigenvalue weighted by Crippen LogP contribution is 1.93. The topological polar surface area (TPSA) is 111 Å². The Morgan fingerprint density at radius 3 is 1.86 bits per heavy atom. The van der Waals surface area contributed by atoms with Crippen molar-refractivity contribution in [2.75, 3.05) is 0 Å². The number of carbonyl (C=O) groups is 1. The molecule has 0 fully saturated rings. The zero-order chi connectivity index (χ0) is 11.3. The lowest BCUT2D eigenvalue weighted by atomic mass is 10.2. The van der Waals surface area contributed by atoms with Gasteiger partial charge in [0.2, 0.25) is 20.6 Å². The highest BCUT2D eigenvalue weighted by atomic mass is 32.2. The molecule has 0 saturated carbocycles. The van der Waals surface area contributed by atoms with Crippen molar-refractivity contribution in [2.24, 2.45) is 5.73 Å². The molecule has 8 heteroatoms. The Labute approximate surface area is 83.8 Å². The molecule has 6 nitrogen and oxygen atoms in total. The lowest BCUT2D eigenvalue weighted by Crippen LogP contribution is -2.26. The van der Waals surface area contributed by atoms with Crippen LogP contribution in [0.5, 0.6) is 0 Å². The number of primary amides is 1. The average Bonchev–Trinajstić information content (AvgIpc) is 2.03. The highest BCUT2D eigenvalue weighted by Gasteiger charge is 2.12. The van der Waals surface area contributed by atoms with Gasteiger partial charge in [0, 0.05) is 6.42 Å². The van der Waals surface area contributed by atoms with Gasteiger partial charge in [0.15, 0.2) is 0 Å². The van der Waals surface area contributed by atoms with Crippen molar-refractivity contribution in [2.45, 2.75) is 19.8 Å². The Balaban J connectivity index is 5.32. The van der Waals surface area contributed by atoms with Crippen LogP contribution in [-0.4, -0.2) is 32.5 Å². The molecule has 0 aliphatic carbocycles. The van der Waals surface area contributed by atoms with Gasteiger partial charge >= 0.3 is 0 Å². The van der Waals surface area contributed by atoms with E-state index in [1.165, 1.54) is 6.92 Å². The number of rotatable bonds is 4. The molecular weight excluding hydrogens is 230 g/mol. The summed E-state index contributed by atoms with van der Waals surface area (Å²) in [6.45, 7) is 1.54. The van der Waals surface area contributed by atoms with Crippen LogP contribution in [0.15, 0.2) is 0 Å². The summed E-state index contributed by atoms with van der Waals surface area (Å²) in [6.07, 6.45) is -0.303. The van der Waals surface area contributed by atoms with E-state index in [0.717, 1.165) is 0 Å². The van der Waals surface area contributed by atoms with Crippen molar-refractivity contribution in [3.05, 3.63) is 0 Å². The van der Waals surface area contributed by atoms with E-state index in [-0.39, 0.29) is 11.3 Å². The van der Waals surface area contributed by atoms with Gasteiger partial charge in [-0.3, -0.25) is 4.79 Å². The molecule has 0 heterocycles. The lowest BCUT2D eigenvalue weighted by Gasteiger charge is -1.96. The van der Waals surface area contributed by atoms with E-state index in [2.05, 4.69) is 0 Å². The molecule has 0 atom stereocenters. The van der Waals surface area contributed by atoms with Gasteiger partial charge in [-0.25, -0.2) is 0 Å². The third kappa shape index (κ3) is 3.71. The third-order valence-corrected chi connectivity index (χ3v) is 3.12. The molecule has 0 aliphatic rings. The molecular formula is C6H9NO5S2. The van der Waals surface area contributed by atoms with Crippen LogP contribution < -0.4 is 5.73 Å². The minimum absolute atomic E-state index is 0.0667. The molecule has 0 aliphatic heterocycles. The molecule has 0 radical (unpaired) electrons. The zero-order valence-electron chi connectivity index (χ0n) is 7.35. The second-order valence-corrected chi connectivity index (χ2v) is 4.33. The zero-order valence-corrected chi connectivity index (χ0v) is 8.98. The molecule has 0 spiro atoms. The van der Waals surface area contributed by atoms with Crippen LogP contribution in [0.4, 0.5) is 0 Å². The summed E-state index contributed by atoms with van der Waals surface area (Å²) in [5.74, 6) is -1.13. The number of hydrogen-bond donors (Lipinski definition) is 1. The maximum Gasteiger partial charge on any atom is 0.260 e. The average molecular weight is 239 g/mol. The first kappa shape index (κ1) is 12.8. The molecule has 0 rings (SSSR count). The Morgan fingerprint density at radius 1 is 1.14 bits per heavy atom. The number of hydrogen-bond acceptors (Lipinski definition) is 5. The van der Waals surface area contributed by atoms with Crippen molar-refractivity contribution < 1.29 is 21.6 Å². The Morgan fingerprint density at radius 2 is 1.64 bits per heavy atom. The molecule has 0 aromatic rings. The normalized spacial score (nSPS) is 9.21. The molecule has 80 valence electrons. The van der Waals surface area contributed by atoms with Crippen LogP contribution >= 0.6 is 0 Å². The van der Waals surface area contributed by atoms with Crippen molar-refractivity contribution in [1.29, 1.82) is 0 Å². The van der Waals surface area contributed by atoms with E-state index >= 15 is 0 Å². The Bertz CT molecular complexity index is 480. The van der Waals surface area contributed by atoms with Gasteiger partial charge in [-0.05, 0) is 6.42 Å². The Hall–Kier alpha value is -1.15. The third-order valence-electron chi connectivity index (χ3n) is 1.46. The van der Waals surface area contributed by atoms with Crippen LogP contribution in [0.1, 0.15) is 19.8 Å². The van der Waals surface area contributed by atoms with Crippen LogP contribution in [0.3, 0.4) is 0 Å². The SMILES string of the molecule is CCC(CC(C(N)=O)=S(=O)=O)=S(=O)=O. The maximum atomic E-state index is 10.6. The van der Waals surface area contributed by atoms with Gasteiger partial charge in [0.1, 0.15) is 4.86 Å². The van der Waals surface area contributed by atoms with E-state index in [1.807, 2.05) is 0 Å². The largest absolute Gasteiger partial charge is 0.365 e. The van der Waals surface area contributed by atoms with Crippen molar-refractivity contribution in [3.8, 4) is 0 Å². The van der Waals surface area contributed by atoms with Gasteiger partial charge in [-0.15, -0.1) is 0 Å². The van der Waals surface area contributed by atoms with Crippen LogP contribution in [0, 0.1) is 0 Å².